The second-order valence-corrected chi connectivity index (χ2v) is 19.6. The molecule has 64 heavy (non-hydrogen) atoms. The van der Waals surface area contributed by atoms with Gasteiger partial charge in [-0.2, -0.15) is 0 Å². The number of hydrogen-bond donors (Lipinski definition) is 3. The van der Waals surface area contributed by atoms with Gasteiger partial charge in [-0.05, 0) is 142 Å². The standard InChI is InChI=1S/C34H34N4O4.C19H30O2.Fe/c1-7-21-17(3)25-13-26-19(5)23(9-11-33(39)40)31(37-26)16-32-24(10-12-34(41)42)20(6)28(38-32)15-30-22(8-2)18(4)27(36-30)14-29(21)35-25;1-18-9-7-13(20)11-12(18)3-4-14-15-5-6-17(21)19(15,2)10-8-16(14)18;/h7-8,13-16H,1-2,9-12H2,3-6H3,(H4,35,36,37,38,39,40,41,42);12,14-17,21H,3-11H2,1-2H3;/q;;+2/p-2/t;12-,14-,15-,16-,17-,18-,19-;/m.0./s1. The van der Waals surface area contributed by atoms with Gasteiger partial charge in [0, 0.05) is 31.3 Å². The van der Waals surface area contributed by atoms with E-state index in [-0.39, 0.29) is 41.4 Å². The van der Waals surface area contributed by atoms with E-state index in [1.54, 1.807) is 12.2 Å². The van der Waals surface area contributed by atoms with E-state index >= 15 is 0 Å². The van der Waals surface area contributed by atoms with Crippen molar-refractivity contribution < 1.29 is 46.8 Å². The maximum atomic E-state index is 11.9. The summed E-state index contributed by atoms with van der Waals surface area (Å²) in [6, 6.07) is 7.62. The van der Waals surface area contributed by atoms with Crippen LogP contribution in [0.2, 0.25) is 0 Å². The molecule has 338 valence electrons. The number of carboxylic acids is 2. The van der Waals surface area contributed by atoms with Gasteiger partial charge in [0.25, 0.3) is 0 Å². The largest absolute Gasteiger partial charge is 2.00 e. The Morgan fingerprint density at radius 3 is 2.05 bits per heavy atom. The summed E-state index contributed by atoms with van der Waals surface area (Å²) in [5.41, 5.74) is 13.2. The molecule has 2 aliphatic heterocycles. The number of allylic oxidation sites excluding steroid dienone is 5. The van der Waals surface area contributed by atoms with E-state index in [0.29, 0.717) is 57.9 Å². The number of rotatable bonds is 8. The number of aliphatic hydroxyl groups excluding tert-OH is 1. The van der Waals surface area contributed by atoms with Gasteiger partial charge in [0.2, 0.25) is 0 Å². The summed E-state index contributed by atoms with van der Waals surface area (Å²) in [5, 5.41) is 29.3. The van der Waals surface area contributed by atoms with Crippen LogP contribution in [0.5, 0.6) is 0 Å². The average Bonchev–Trinajstić information content (AvgIpc) is 3.98. The van der Waals surface area contributed by atoms with Crippen molar-refractivity contribution in [3.8, 4) is 0 Å². The van der Waals surface area contributed by atoms with Gasteiger partial charge in [-0.15, -0.1) is 22.1 Å². The van der Waals surface area contributed by atoms with Gasteiger partial charge in [-0.3, -0.25) is 14.4 Å². The minimum Gasteiger partial charge on any atom is -0.657 e. The molecular weight excluding hydrogens is 844 g/mol. The van der Waals surface area contributed by atoms with E-state index in [1.165, 1.54) is 32.1 Å². The average molecular weight is 907 g/mol. The Bertz CT molecular complexity index is 2670. The molecule has 7 atom stereocenters. The van der Waals surface area contributed by atoms with E-state index in [2.05, 4.69) is 27.0 Å². The first-order valence-corrected chi connectivity index (χ1v) is 22.9. The Morgan fingerprint density at radius 1 is 0.734 bits per heavy atom. The molecule has 10 nitrogen and oxygen atoms in total. The third-order valence-corrected chi connectivity index (χ3v) is 16.5. The molecule has 4 fully saturated rings. The number of carboxylic acid groups (broad SMARTS) is 2. The normalized spacial score (nSPS) is 27.1. The second-order valence-electron chi connectivity index (χ2n) is 19.6. The summed E-state index contributed by atoms with van der Waals surface area (Å²) in [5.74, 6) is 1.73. The molecule has 0 spiro atoms. The van der Waals surface area contributed by atoms with E-state index < -0.39 is 11.9 Å². The molecule has 11 heteroatoms. The molecule has 0 amide bonds. The van der Waals surface area contributed by atoms with Gasteiger partial charge in [0.15, 0.2) is 0 Å². The van der Waals surface area contributed by atoms with Crippen LogP contribution in [0.4, 0.5) is 0 Å². The number of aryl methyl sites for hydroxylation is 3. The molecule has 4 saturated carbocycles. The van der Waals surface area contributed by atoms with Crippen molar-refractivity contribution in [2.24, 2.45) is 34.5 Å². The number of hydrogen-bond acceptors (Lipinski definition) is 6. The summed E-state index contributed by atoms with van der Waals surface area (Å²) >= 11 is 0. The van der Waals surface area contributed by atoms with Crippen molar-refractivity contribution in [1.29, 1.82) is 0 Å². The number of aliphatic carboxylic acids is 2. The number of aromatic nitrogens is 4. The van der Waals surface area contributed by atoms with Gasteiger partial charge >= 0.3 is 29.0 Å². The van der Waals surface area contributed by atoms with Crippen molar-refractivity contribution in [2.45, 2.75) is 131 Å². The van der Waals surface area contributed by atoms with Crippen molar-refractivity contribution >= 4 is 68.2 Å². The minimum absolute atomic E-state index is 0. The van der Waals surface area contributed by atoms with E-state index in [0.717, 1.165) is 105 Å². The summed E-state index contributed by atoms with van der Waals surface area (Å²) in [7, 11) is 0. The molecule has 6 aliphatic rings. The summed E-state index contributed by atoms with van der Waals surface area (Å²) in [6.07, 6.45) is 14.1. The summed E-state index contributed by atoms with van der Waals surface area (Å²) in [6.45, 7) is 20.7. The van der Waals surface area contributed by atoms with Crippen LogP contribution >= 0.6 is 0 Å². The third kappa shape index (κ3) is 8.33. The zero-order valence-electron chi connectivity index (χ0n) is 38.2. The second kappa shape index (κ2) is 18.2. The zero-order valence-corrected chi connectivity index (χ0v) is 39.3. The van der Waals surface area contributed by atoms with Gasteiger partial charge in [-0.25, -0.2) is 9.97 Å². The first-order chi connectivity index (χ1) is 30.0. The zero-order chi connectivity index (χ0) is 45.1. The van der Waals surface area contributed by atoms with Crippen LogP contribution in [-0.4, -0.2) is 49.1 Å². The number of Topliss-reactive ketones (excluding diaryl/α,β-unsaturated/α-hetero) is 1. The van der Waals surface area contributed by atoms with Gasteiger partial charge in [-0.1, -0.05) is 80.1 Å². The molecule has 9 rings (SSSR count). The number of aliphatic hydroxyl groups is 1. The van der Waals surface area contributed by atoms with Crippen LogP contribution in [0.3, 0.4) is 0 Å². The molecule has 8 bridgehead atoms. The Labute approximate surface area is 387 Å². The maximum absolute atomic E-state index is 11.9. The van der Waals surface area contributed by atoms with Crippen LogP contribution in [0.15, 0.2) is 43.5 Å². The topological polar surface area (TPSA) is 166 Å². The monoisotopic (exact) mass is 906 g/mol. The van der Waals surface area contributed by atoms with Crippen LogP contribution in [0.1, 0.15) is 150 Å². The fourth-order valence-corrected chi connectivity index (χ4v) is 12.6. The van der Waals surface area contributed by atoms with Gasteiger partial charge in [0.1, 0.15) is 5.78 Å². The van der Waals surface area contributed by atoms with Crippen molar-refractivity contribution in [1.82, 2.24) is 19.9 Å². The first-order valence-electron chi connectivity index (χ1n) is 22.9. The molecule has 3 N–H and O–H groups in total. The van der Waals surface area contributed by atoms with Crippen molar-refractivity contribution in [2.75, 3.05) is 0 Å². The number of carbonyl (C=O) groups is 3. The smallest absolute Gasteiger partial charge is 0.657 e. The SMILES string of the molecule is C=CC1=C(C)c2cc3[n-]c(cc4nc(cc5[n-]c(cc1n2)c(C)c5C=C)C(C)=C4CCC(=O)O)c(CCC(=O)O)c3C.C[C@]12CCC(=O)C[C@@H]1CC[C@@H]1[C@@H]2CC[C@]2(C)[C@@H](O)CC[C@@H]12.[Fe+2]. The molecule has 0 unspecified atom stereocenters. The molecular formula is C53H62FeN4O6. The third-order valence-electron chi connectivity index (χ3n) is 16.5. The molecule has 3 aromatic rings. The summed E-state index contributed by atoms with van der Waals surface area (Å²) in [4.78, 5) is 54.6. The van der Waals surface area contributed by atoms with Crippen molar-refractivity contribution in [3.05, 3.63) is 88.5 Å². The minimum atomic E-state index is -0.898. The quantitative estimate of drug-likeness (QED) is 0.185. The first kappa shape index (κ1) is 47.1. The van der Waals surface area contributed by atoms with Crippen LogP contribution < -0.4 is 9.97 Å². The number of ketones is 1. The predicted octanol–water partition coefficient (Wildman–Crippen LogP) is 10.7. The maximum Gasteiger partial charge on any atom is 2.00 e. The van der Waals surface area contributed by atoms with E-state index in [4.69, 9.17) is 19.9 Å². The molecule has 5 heterocycles. The predicted molar refractivity (Wildman–Crippen MR) is 249 cm³/mol. The Balaban J connectivity index is 0.000000232. The number of carbonyl (C=O) groups excluding carboxylic acids is 1. The Hall–Kier alpha value is -4.83. The fourth-order valence-electron chi connectivity index (χ4n) is 12.6. The molecule has 3 aromatic heterocycles. The van der Waals surface area contributed by atoms with Crippen LogP contribution in [0, 0.1) is 48.3 Å². The van der Waals surface area contributed by atoms with E-state index in [9.17, 15) is 29.7 Å². The molecule has 0 saturated heterocycles. The van der Waals surface area contributed by atoms with Gasteiger partial charge < -0.3 is 25.3 Å². The fraction of sp³-hybridized carbons (Fsp3) is 0.491. The summed E-state index contributed by atoms with van der Waals surface area (Å²) < 4.78 is 0. The number of fused-ring (bicyclic) bond motifs is 13. The van der Waals surface area contributed by atoms with Crippen molar-refractivity contribution in [3.63, 3.8) is 0 Å². The van der Waals surface area contributed by atoms with Crippen LogP contribution in [0.25, 0.3) is 50.4 Å². The molecule has 0 radical (unpaired) electrons. The number of nitrogens with zero attached hydrogens (tertiary/aromatic N) is 4. The Kier molecular flexibility index (Phi) is 13.4. The molecule has 0 aromatic carbocycles. The van der Waals surface area contributed by atoms with Crippen LogP contribution in [-0.2, 0) is 37.9 Å². The van der Waals surface area contributed by atoms with Gasteiger partial charge in [0.05, 0.1) is 28.9 Å². The molecule has 4 aliphatic carbocycles. The Morgan fingerprint density at radius 2 is 1.34 bits per heavy atom. The van der Waals surface area contributed by atoms with E-state index in [1.807, 2.05) is 52.0 Å².